The SMILES string of the molecule is CCOc1ccc(CCNC(=O)CCN2C(=O)c3cccc([N+](=O)[O-])c3C2=O)cc1OCC. The van der Waals surface area contributed by atoms with Crippen molar-refractivity contribution in [3.8, 4) is 11.5 Å². The van der Waals surface area contributed by atoms with E-state index < -0.39 is 22.4 Å². The molecule has 0 unspecified atom stereocenters. The van der Waals surface area contributed by atoms with Crippen molar-refractivity contribution in [3.05, 3.63) is 63.2 Å². The van der Waals surface area contributed by atoms with Crippen molar-refractivity contribution in [2.75, 3.05) is 26.3 Å². The molecule has 0 fully saturated rings. The molecule has 10 heteroatoms. The quantitative estimate of drug-likeness (QED) is 0.313. The lowest BCUT2D eigenvalue weighted by Gasteiger charge is -2.14. The molecule has 0 saturated heterocycles. The Kier molecular flexibility index (Phi) is 7.60. The Hall–Kier alpha value is -3.95. The third-order valence-corrected chi connectivity index (χ3v) is 5.08. The fourth-order valence-corrected chi connectivity index (χ4v) is 3.57. The number of carbonyl (C=O) groups excluding carboxylic acids is 3. The molecule has 0 aromatic heterocycles. The maximum atomic E-state index is 12.6. The molecule has 1 N–H and O–H groups in total. The van der Waals surface area contributed by atoms with E-state index in [9.17, 15) is 24.5 Å². The largest absolute Gasteiger partial charge is 0.490 e. The molecule has 33 heavy (non-hydrogen) atoms. The second kappa shape index (κ2) is 10.6. The molecule has 0 radical (unpaired) electrons. The number of imide groups is 1. The summed E-state index contributed by atoms with van der Waals surface area (Å²) in [5.74, 6) is -0.425. The van der Waals surface area contributed by atoms with Crippen LogP contribution in [0.5, 0.6) is 11.5 Å². The lowest BCUT2D eigenvalue weighted by Crippen LogP contribution is -2.35. The monoisotopic (exact) mass is 455 g/mol. The van der Waals surface area contributed by atoms with Crippen molar-refractivity contribution in [2.24, 2.45) is 0 Å². The maximum absolute atomic E-state index is 12.6. The van der Waals surface area contributed by atoms with Gasteiger partial charge in [0.2, 0.25) is 5.91 Å². The average molecular weight is 455 g/mol. The van der Waals surface area contributed by atoms with Gasteiger partial charge < -0.3 is 14.8 Å². The van der Waals surface area contributed by atoms with Gasteiger partial charge in [0.05, 0.1) is 23.7 Å². The Labute approximate surface area is 190 Å². The fraction of sp³-hybridized carbons (Fsp3) is 0.348. The van der Waals surface area contributed by atoms with Gasteiger partial charge in [-0.1, -0.05) is 12.1 Å². The van der Waals surface area contributed by atoms with Crippen LogP contribution in [0.2, 0.25) is 0 Å². The van der Waals surface area contributed by atoms with Gasteiger partial charge in [-0.3, -0.25) is 29.4 Å². The van der Waals surface area contributed by atoms with E-state index in [4.69, 9.17) is 9.47 Å². The molecular weight excluding hydrogens is 430 g/mol. The van der Waals surface area contributed by atoms with Crippen LogP contribution in [-0.4, -0.2) is 53.8 Å². The fourth-order valence-electron chi connectivity index (χ4n) is 3.57. The minimum absolute atomic E-state index is 0.0183. The number of nitrogens with one attached hydrogen (secondary N) is 1. The van der Waals surface area contributed by atoms with Crippen LogP contribution >= 0.6 is 0 Å². The van der Waals surface area contributed by atoms with Crippen LogP contribution < -0.4 is 14.8 Å². The lowest BCUT2D eigenvalue weighted by atomic mass is 10.1. The summed E-state index contributed by atoms with van der Waals surface area (Å²) in [6, 6.07) is 9.50. The predicted molar refractivity (Wildman–Crippen MR) is 119 cm³/mol. The lowest BCUT2D eigenvalue weighted by molar-refractivity contribution is -0.385. The van der Waals surface area contributed by atoms with Gasteiger partial charge in [-0.15, -0.1) is 0 Å². The number of fused-ring (bicyclic) bond motifs is 1. The number of amides is 3. The molecule has 1 heterocycles. The summed E-state index contributed by atoms with van der Waals surface area (Å²) < 4.78 is 11.1. The number of ether oxygens (including phenoxy) is 2. The molecule has 1 aliphatic heterocycles. The minimum Gasteiger partial charge on any atom is -0.490 e. The summed E-state index contributed by atoms with van der Waals surface area (Å²) in [4.78, 5) is 48.6. The summed E-state index contributed by atoms with van der Waals surface area (Å²) in [6.07, 6.45) is 0.449. The Morgan fingerprint density at radius 1 is 1.06 bits per heavy atom. The molecular formula is C23H25N3O7. The Morgan fingerprint density at radius 3 is 2.48 bits per heavy atom. The number of nitrogens with zero attached hydrogens (tertiary/aromatic N) is 2. The number of hydrogen-bond donors (Lipinski definition) is 1. The van der Waals surface area contributed by atoms with Crippen molar-refractivity contribution in [1.82, 2.24) is 10.2 Å². The molecule has 3 amide bonds. The first-order chi connectivity index (χ1) is 15.9. The van der Waals surface area contributed by atoms with E-state index in [1.54, 1.807) is 0 Å². The molecule has 1 aliphatic rings. The normalized spacial score (nSPS) is 12.5. The number of carbonyl (C=O) groups is 3. The smallest absolute Gasteiger partial charge is 0.282 e. The topological polar surface area (TPSA) is 128 Å². The molecule has 0 bridgehead atoms. The summed E-state index contributed by atoms with van der Waals surface area (Å²) >= 11 is 0. The van der Waals surface area contributed by atoms with Crippen molar-refractivity contribution in [3.63, 3.8) is 0 Å². The van der Waals surface area contributed by atoms with Gasteiger partial charge in [0.25, 0.3) is 17.5 Å². The second-order valence-corrected chi connectivity index (χ2v) is 7.22. The highest BCUT2D eigenvalue weighted by Gasteiger charge is 2.40. The Bertz CT molecular complexity index is 1080. The van der Waals surface area contributed by atoms with E-state index >= 15 is 0 Å². The summed E-state index contributed by atoms with van der Waals surface area (Å²) in [5.41, 5.74) is 0.290. The molecule has 0 saturated carbocycles. The Morgan fingerprint density at radius 2 is 1.79 bits per heavy atom. The zero-order chi connectivity index (χ0) is 24.0. The van der Waals surface area contributed by atoms with E-state index in [-0.39, 0.29) is 30.0 Å². The minimum atomic E-state index is -0.757. The van der Waals surface area contributed by atoms with Crippen LogP contribution in [0.25, 0.3) is 0 Å². The van der Waals surface area contributed by atoms with Gasteiger partial charge in [0.1, 0.15) is 5.56 Å². The molecule has 0 atom stereocenters. The highest BCUT2D eigenvalue weighted by atomic mass is 16.6. The molecule has 0 spiro atoms. The zero-order valence-electron chi connectivity index (χ0n) is 18.5. The van der Waals surface area contributed by atoms with Gasteiger partial charge in [-0.2, -0.15) is 0 Å². The third-order valence-electron chi connectivity index (χ3n) is 5.08. The molecule has 3 rings (SSSR count). The summed E-state index contributed by atoms with van der Waals surface area (Å²) in [6.45, 7) is 4.99. The van der Waals surface area contributed by atoms with Gasteiger partial charge in [0.15, 0.2) is 11.5 Å². The second-order valence-electron chi connectivity index (χ2n) is 7.22. The summed E-state index contributed by atoms with van der Waals surface area (Å²) in [5, 5.41) is 13.9. The van der Waals surface area contributed by atoms with Crippen LogP contribution in [0.3, 0.4) is 0 Å². The molecule has 10 nitrogen and oxygen atoms in total. The van der Waals surface area contributed by atoms with Crippen molar-refractivity contribution < 1.29 is 28.8 Å². The molecule has 2 aromatic rings. The van der Waals surface area contributed by atoms with E-state index in [0.29, 0.717) is 37.7 Å². The average Bonchev–Trinajstić information content (AvgIpc) is 3.04. The third kappa shape index (κ3) is 5.28. The van der Waals surface area contributed by atoms with Crippen LogP contribution in [0, 0.1) is 10.1 Å². The first-order valence-corrected chi connectivity index (χ1v) is 10.7. The maximum Gasteiger partial charge on any atom is 0.282 e. The number of nitro groups is 1. The highest BCUT2D eigenvalue weighted by molar-refractivity contribution is 6.23. The van der Waals surface area contributed by atoms with E-state index in [1.165, 1.54) is 18.2 Å². The molecule has 174 valence electrons. The van der Waals surface area contributed by atoms with Crippen LogP contribution in [0.1, 0.15) is 46.5 Å². The first kappa shape index (κ1) is 23.7. The number of hydrogen-bond acceptors (Lipinski definition) is 7. The predicted octanol–water partition coefficient (Wildman–Crippen LogP) is 2.74. The Balaban J connectivity index is 1.53. The van der Waals surface area contributed by atoms with Gasteiger partial charge in [-0.25, -0.2) is 0 Å². The zero-order valence-corrected chi connectivity index (χ0v) is 18.5. The number of benzene rings is 2. The van der Waals surface area contributed by atoms with Crippen LogP contribution in [0.4, 0.5) is 5.69 Å². The van der Waals surface area contributed by atoms with Gasteiger partial charge >= 0.3 is 0 Å². The van der Waals surface area contributed by atoms with E-state index in [1.807, 2.05) is 32.0 Å². The van der Waals surface area contributed by atoms with Crippen LogP contribution in [-0.2, 0) is 11.2 Å². The summed E-state index contributed by atoms with van der Waals surface area (Å²) in [7, 11) is 0. The van der Waals surface area contributed by atoms with E-state index in [0.717, 1.165) is 10.5 Å². The molecule has 2 aromatic carbocycles. The highest BCUT2D eigenvalue weighted by Crippen LogP contribution is 2.31. The molecule has 0 aliphatic carbocycles. The van der Waals surface area contributed by atoms with E-state index in [2.05, 4.69) is 5.32 Å². The van der Waals surface area contributed by atoms with Crippen molar-refractivity contribution in [1.29, 1.82) is 0 Å². The van der Waals surface area contributed by atoms with Crippen molar-refractivity contribution >= 4 is 23.4 Å². The number of rotatable bonds is 11. The number of nitro benzene ring substituents is 1. The van der Waals surface area contributed by atoms with Gasteiger partial charge in [-0.05, 0) is 44.0 Å². The van der Waals surface area contributed by atoms with Crippen LogP contribution in [0.15, 0.2) is 36.4 Å². The standard InChI is InChI=1S/C23H25N3O7/c1-3-32-18-9-8-15(14-19(18)33-4-2)10-12-24-20(27)11-13-25-22(28)16-6-5-7-17(26(30)31)21(16)23(25)29/h5-9,14H,3-4,10-13H2,1-2H3,(H,24,27). The van der Waals surface area contributed by atoms with Gasteiger partial charge in [0, 0.05) is 25.6 Å². The first-order valence-electron chi connectivity index (χ1n) is 10.7. The van der Waals surface area contributed by atoms with Crippen molar-refractivity contribution in [2.45, 2.75) is 26.7 Å².